The Morgan fingerprint density at radius 1 is 1.29 bits per heavy atom. The smallest absolute Gasteiger partial charge is 0.307 e. The maximum Gasteiger partial charge on any atom is 0.307 e. The summed E-state index contributed by atoms with van der Waals surface area (Å²) in [4.78, 5) is 35.6. The minimum absolute atomic E-state index is 0.0733. The van der Waals surface area contributed by atoms with Gasteiger partial charge in [-0.25, -0.2) is 0 Å². The van der Waals surface area contributed by atoms with Crippen LogP contribution in [0.3, 0.4) is 0 Å². The van der Waals surface area contributed by atoms with Crippen molar-refractivity contribution in [1.82, 2.24) is 0 Å². The van der Waals surface area contributed by atoms with Gasteiger partial charge < -0.3 is 9.64 Å². The van der Waals surface area contributed by atoms with Gasteiger partial charge in [0.15, 0.2) is 0 Å². The molecule has 0 saturated heterocycles. The van der Waals surface area contributed by atoms with Crippen LogP contribution in [0.4, 0.5) is 5.69 Å². The van der Waals surface area contributed by atoms with Crippen LogP contribution < -0.4 is 4.90 Å². The van der Waals surface area contributed by atoms with Gasteiger partial charge in [-0.1, -0.05) is 12.1 Å². The summed E-state index contributed by atoms with van der Waals surface area (Å²) in [5, 5.41) is 0. The number of nitrogens with zero attached hydrogens (tertiary/aromatic N) is 1. The Labute approximate surface area is 98.0 Å². The van der Waals surface area contributed by atoms with E-state index in [0.717, 1.165) is 0 Å². The number of amides is 1. The van der Waals surface area contributed by atoms with Gasteiger partial charge in [0, 0.05) is 6.54 Å². The predicted octanol–water partition coefficient (Wildman–Crippen LogP) is 0.779. The van der Waals surface area contributed by atoms with E-state index in [1.54, 1.807) is 24.3 Å². The number of esters is 1. The topological polar surface area (TPSA) is 63.7 Å². The average Bonchev–Trinajstić information content (AvgIpc) is 2.60. The second-order valence-electron chi connectivity index (χ2n) is 3.63. The number of ether oxygens (including phenoxy) is 1. The highest BCUT2D eigenvalue weighted by molar-refractivity contribution is 6.52. The fourth-order valence-electron chi connectivity index (χ4n) is 1.78. The first-order valence-corrected chi connectivity index (χ1v) is 5.17. The van der Waals surface area contributed by atoms with E-state index in [1.807, 2.05) is 0 Å². The van der Waals surface area contributed by atoms with Crippen LogP contribution in [0.15, 0.2) is 24.3 Å². The van der Waals surface area contributed by atoms with E-state index in [-0.39, 0.29) is 13.0 Å². The van der Waals surface area contributed by atoms with E-state index in [0.29, 0.717) is 11.3 Å². The van der Waals surface area contributed by atoms with Crippen molar-refractivity contribution in [3.63, 3.8) is 0 Å². The highest BCUT2D eigenvalue weighted by Crippen LogP contribution is 2.28. The first kappa shape index (κ1) is 11.3. The summed E-state index contributed by atoms with van der Waals surface area (Å²) < 4.78 is 4.50. The fraction of sp³-hybridized carbons (Fsp3) is 0.250. The SMILES string of the molecule is COC(=O)CCN1C(=O)C(=O)c2ccccc21. The summed E-state index contributed by atoms with van der Waals surface area (Å²) in [7, 11) is 1.28. The van der Waals surface area contributed by atoms with Gasteiger partial charge in [0.05, 0.1) is 24.8 Å². The summed E-state index contributed by atoms with van der Waals surface area (Å²) in [5.74, 6) is -1.52. The number of para-hydroxylation sites is 1. The lowest BCUT2D eigenvalue weighted by Gasteiger charge is -2.15. The molecule has 88 valence electrons. The van der Waals surface area contributed by atoms with Crippen molar-refractivity contribution in [1.29, 1.82) is 0 Å². The molecule has 1 aromatic carbocycles. The zero-order valence-electron chi connectivity index (χ0n) is 9.30. The molecule has 1 aliphatic heterocycles. The van der Waals surface area contributed by atoms with Crippen molar-refractivity contribution in [2.24, 2.45) is 0 Å². The molecule has 0 spiro atoms. The number of carbonyl (C=O) groups is 3. The van der Waals surface area contributed by atoms with Crippen LogP contribution in [0.25, 0.3) is 0 Å². The maximum absolute atomic E-state index is 11.7. The molecule has 0 atom stereocenters. The molecular formula is C12H11NO4. The molecule has 0 fully saturated rings. The molecule has 1 aromatic rings. The molecule has 0 aliphatic carbocycles. The molecule has 0 radical (unpaired) electrons. The Hall–Kier alpha value is -2.17. The van der Waals surface area contributed by atoms with Crippen LogP contribution in [0.1, 0.15) is 16.8 Å². The van der Waals surface area contributed by atoms with Crippen LogP contribution in [0.5, 0.6) is 0 Å². The second kappa shape index (κ2) is 4.37. The predicted molar refractivity (Wildman–Crippen MR) is 59.8 cm³/mol. The van der Waals surface area contributed by atoms with Crippen molar-refractivity contribution in [2.45, 2.75) is 6.42 Å². The Balaban J connectivity index is 2.21. The molecule has 0 N–H and O–H groups in total. The zero-order valence-corrected chi connectivity index (χ0v) is 9.30. The van der Waals surface area contributed by atoms with Gasteiger partial charge in [-0.05, 0) is 12.1 Å². The Morgan fingerprint density at radius 3 is 2.71 bits per heavy atom. The number of Topliss-reactive ketones (excluding diaryl/α,β-unsaturated/α-hetero) is 1. The zero-order chi connectivity index (χ0) is 12.4. The molecule has 1 amide bonds. The first-order valence-electron chi connectivity index (χ1n) is 5.17. The van der Waals surface area contributed by atoms with Gasteiger partial charge in [0.1, 0.15) is 0 Å². The van der Waals surface area contributed by atoms with Crippen LogP contribution >= 0.6 is 0 Å². The largest absolute Gasteiger partial charge is 0.469 e. The molecule has 0 saturated carbocycles. The number of hydrogen-bond acceptors (Lipinski definition) is 4. The van der Waals surface area contributed by atoms with Crippen molar-refractivity contribution in [3.05, 3.63) is 29.8 Å². The van der Waals surface area contributed by atoms with Gasteiger partial charge in [-0.2, -0.15) is 0 Å². The molecular weight excluding hydrogens is 222 g/mol. The normalized spacial score (nSPS) is 13.8. The van der Waals surface area contributed by atoms with E-state index in [2.05, 4.69) is 4.74 Å². The van der Waals surface area contributed by atoms with Crippen LogP contribution in [-0.2, 0) is 14.3 Å². The Kier molecular flexibility index (Phi) is 2.91. The van der Waals surface area contributed by atoms with Crippen molar-refractivity contribution in [2.75, 3.05) is 18.6 Å². The van der Waals surface area contributed by atoms with Gasteiger partial charge >= 0.3 is 5.97 Å². The number of benzene rings is 1. The third-order valence-electron chi connectivity index (χ3n) is 2.65. The lowest BCUT2D eigenvalue weighted by Crippen LogP contribution is -2.31. The highest BCUT2D eigenvalue weighted by Gasteiger charge is 2.35. The monoisotopic (exact) mass is 233 g/mol. The highest BCUT2D eigenvalue weighted by atomic mass is 16.5. The lowest BCUT2D eigenvalue weighted by atomic mass is 10.1. The quantitative estimate of drug-likeness (QED) is 0.571. The van der Waals surface area contributed by atoms with Gasteiger partial charge in [-0.15, -0.1) is 0 Å². The first-order chi connectivity index (χ1) is 8.15. The molecule has 17 heavy (non-hydrogen) atoms. The number of hydrogen-bond donors (Lipinski definition) is 0. The summed E-state index contributed by atoms with van der Waals surface area (Å²) in [6.45, 7) is 0.161. The fourth-order valence-corrected chi connectivity index (χ4v) is 1.78. The van der Waals surface area contributed by atoms with Crippen LogP contribution in [0.2, 0.25) is 0 Å². The number of methoxy groups -OCH3 is 1. The lowest BCUT2D eigenvalue weighted by molar-refractivity contribution is -0.140. The van der Waals surface area contributed by atoms with E-state index in [1.165, 1.54) is 12.0 Å². The maximum atomic E-state index is 11.7. The Morgan fingerprint density at radius 2 is 2.00 bits per heavy atom. The van der Waals surface area contributed by atoms with Gasteiger partial charge in [0.25, 0.3) is 11.7 Å². The van der Waals surface area contributed by atoms with Gasteiger partial charge in [-0.3, -0.25) is 14.4 Å². The summed E-state index contributed by atoms with van der Waals surface area (Å²) in [6, 6.07) is 6.74. The third-order valence-corrected chi connectivity index (χ3v) is 2.65. The number of anilines is 1. The molecule has 5 heteroatoms. The molecule has 2 rings (SSSR count). The second-order valence-corrected chi connectivity index (χ2v) is 3.63. The summed E-state index contributed by atoms with van der Waals surface area (Å²) in [5.41, 5.74) is 0.953. The minimum Gasteiger partial charge on any atom is -0.469 e. The van der Waals surface area contributed by atoms with E-state index >= 15 is 0 Å². The number of rotatable bonds is 3. The average molecular weight is 233 g/mol. The van der Waals surface area contributed by atoms with E-state index in [4.69, 9.17) is 0 Å². The Bertz CT molecular complexity index is 495. The molecule has 5 nitrogen and oxygen atoms in total. The molecule has 0 bridgehead atoms. The van der Waals surface area contributed by atoms with E-state index in [9.17, 15) is 14.4 Å². The third kappa shape index (κ3) is 1.91. The summed E-state index contributed by atoms with van der Waals surface area (Å²) in [6.07, 6.45) is 0.0733. The summed E-state index contributed by atoms with van der Waals surface area (Å²) >= 11 is 0. The minimum atomic E-state index is -0.588. The van der Waals surface area contributed by atoms with E-state index < -0.39 is 17.7 Å². The van der Waals surface area contributed by atoms with Crippen LogP contribution in [-0.4, -0.2) is 31.3 Å². The van der Waals surface area contributed by atoms with Crippen molar-refractivity contribution >= 4 is 23.3 Å². The van der Waals surface area contributed by atoms with Gasteiger partial charge in [0.2, 0.25) is 0 Å². The number of carbonyl (C=O) groups excluding carboxylic acids is 3. The van der Waals surface area contributed by atoms with Crippen molar-refractivity contribution in [3.8, 4) is 0 Å². The molecule has 1 aliphatic rings. The molecule has 0 unspecified atom stereocenters. The number of ketones is 1. The standard InChI is InChI=1S/C12H11NO4/c1-17-10(14)6-7-13-9-5-3-2-4-8(9)11(15)12(13)16/h2-5H,6-7H2,1H3. The number of fused-ring (bicyclic) bond motifs is 1. The molecule has 0 aromatic heterocycles. The van der Waals surface area contributed by atoms with Crippen LogP contribution in [0, 0.1) is 0 Å². The molecule has 1 heterocycles. The van der Waals surface area contributed by atoms with Crippen molar-refractivity contribution < 1.29 is 19.1 Å².